The van der Waals surface area contributed by atoms with Gasteiger partial charge in [-0.2, -0.15) is 0 Å². The lowest BCUT2D eigenvalue weighted by atomic mass is 9.80. The summed E-state index contributed by atoms with van der Waals surface area (Å²) in [5.74, 6) is 1.52. The van der Waals surface area contributed by atoms with E-state index >= 15 is 0 Å². The average molecular weight is 721 g/mol. The van der Waals surface area contributed by atoms with Crippen molar-refractivity contribution in [2.45, 2.75) is 12.3 Å². The number of rotatable bonds is 6. The van der Waals surface area contributed by atoms with Crippen LogP contribution >= 0.6 is 0 Å². The lowest BCUT2D eigenvalue weighted by molar-refractivity contribution is 0.673. The fourth-order valence-corrected chi connectivity index (χ4v) is 8.29. The van der Waals surface area contributed by atoms with E-state index in [9.17, 15) is 0 Å². The van der Waals surface area contributed by atoms with Crippen LogP contribution in [0.1, 0.15) is 29.3 Å². The van der Waals surface area contributed by atoms with Gasteiger partial charge < -0.3 is 8.98 Å². The van der Waals surface area contributed by atoms with Crippen molar-refractivity contribution in [3.8, 4) is 23.0 Å². The zero-order valence-electron chi connectivity index (χ0n) is 30.1. The molecule has 7 heteroatoms. The molecule has 0 spiro atoms. The number of nitrogens with zero attached hydrogens (tertiary/aromatic N) is 6. The number of pyridine rings is 2. The molecule has 1 atom stereocenters. The summed E-state index contributed by atoms with van der Waals surface area (Å²) in [6.07, 6.45) is 6.45. The predicted octanol–water partition coefficient (Wildman–Crippen LogP) is 11.6. The average Bonchev–Trinajstić information content (AvgIpc) is 3.83. The Morgan fingerprint density at radius 1 is 0.518 bits per heavy atom. The van der Waals surface area contributed by atoms with E-state index in [4.69, 9.17) is 19.4 Å². The van der Waals surface area contributed by atoms with Crippen LogP contribution in [0.5, 0.6) is 0 Å². The first-order valence-corrected chi connectivity index (χ1v) is 18.8. The number of allylic oxidation sites excluding steroid dienone is 4. The van der Waals surface area contributed by atoms with Crippen molar-refractivity contribution in [2.24, 2.45) is 0 Å². The summed E-state index contributed by atoms with van der Waals surface area (Å²) in [5, 5.41) is 4.48. The summed E-state index contributed by atoms with van der Waals surface area (Å²) in [4.78, 5) is 24.4. The highest BCUT2D eigenvalue weighted by Gasteiger charge is 2.32. The molecule has 10 aromatic rings. The molecule has 0 fully saturated rings. The Hall–Kier alpha value is -7.51. The van der Waals surface area contributed by atoms with Gasteiger partial charge in [0.1, 0.15) is 22.6 Å². The summed E-state index contributed by atoms with van der Waals surface area (Å²) in [6, 6.07) is 54.4. The van der Waals surface area contributed by atoms with Crippen molar-refractivity contribution < 1.29 is 4.42 Å². The molecule has 5 heterocycles. The van der Waals surface area contributed by atoms with E-state index in [0.717, 1.165) is 60.5 Å². The van der Waals surface area contributed by atoms with Gasteiger partial charge in [0, 0.05) is 45.7 Å². The third kappa shape index (κ3) is 5.24. The number of aromatic nitrogens is 6. The van der Waals surface area contributed by atoms with E-state index in [1.54, 1.807) is 12.4 Å². The number of hydrogen-bond acceptors (Lipinski definition) is 6. The molecule has 5 aromatic heterocycles. The van der Waals surface area contributed by atoms with Gasteiger partial charge in [-0.1, -0.05) is 109 Å². The Bertz CT molecular complexity index is 3090. The second-order valence-corrected chi connectivity index (χ2v) is 14.0. The van der Waals surface area contributed by atoms with E-state index in [1.807, 2.05) is 42.5 Å². The summed E-state index contributed by atoms with van der Waals surface area (Å²) in [5.41, 5.74) is 10.9. The highest BCUT2D eigenvalue weighted by molar-refractivity contribution is 6.24. The van der Waals surface area contributed by atoms with Gasteiger partial charge in [-0.25, -0.2) is 15.0 Å². The SMILES string of the molecule is C1=C(c2nc(-c3ccccn3)nc(-c3ccccn3)n2)CC(c2ccccc2)C(n2c3ccccc3c3c4oc5ccccc5c4ccc32)=C1c1ccccc1. The minimum atomic E-state index is -0.0786. The number of fused-ring (bicyclic) bond motifs is 7. The molecule has 264 valence electrons. The van der Waals surface area contributed by atoms with Crippen molar-refractivity contribution in [2.75, 3.05) is 0 Å². The lowest BCUT2D eigenvalue weighted by Crippen LogP contribution is -2.16. The maximum atomic E-state index is 6.69. The Morgan fingerprint density at radius 2 is 1.14 bits per heavy atom. The van der Waals surface area contributed by atoms with E-state index < -0.39 is 0 Å². The Morgan fingerprint density at radius 3 is 1.86 bits per heavy atom. The van der Waals surface area contributed by atoms with Crippen LogP contribution in [0.25, 0.3) is 83.6 Å². The Kier molecular flexibility index (Phi) is 7.48. The number of furan rings is 1. The van der Waals surface area contributed by atoms with Crippen molar-refractivity contribution in [3.63, 3.8) is 0 Å². The van der Waals surface area contributed by atoms with Crippen molar-refractivity contribution in [1.29, 1.82) is 0 Å². The molecule has 0 aliphatic heterocycles. The van der Waals surface area contributed by atoms with Gasteiger partial charge in [-0.05, 0) is 77.7 Å². The molecule has 11 rings (SSSR count). The second kappa shape index (κ2) is 13.1. The van der Waals surface area contributed by atoms with Gasteiger partial charge in [0.05, 0.1) is 16.4 Å². The first-order valence-electron chi connectivity index (χ1n) is 18.8. The molecule has 0 saturated carbocycles. The normalized spacial score (nSPS) is 14.6. The van der Waals surface area contributed by atoms with Crippen LogP contribution in [0.4, 0.5) is 0 Å². The first kappa shape index (κ1) is 32.0. The van der Waals surface area contributed by atoms with E-state index in [2.05, 4.69) is 136 Å². The third-order valence-electron chi connectivity index (χ3n) is 10.8. The summed E-state index contributed by atoms with van der Waals surface area (Å²) in [7, 11) is 0. The van der Waals surface area contributed by atoms with Crippen molar-refractivity contribution >= 4 is 60.6 Å². The molecule has 1 aliphatic carbocycles. The molecular formula is C49H32N6O. The second-order valence-electron chi connectivity index (χ2n) is 14.0. The fraction of sp³-hybridized carbons (Fsp3) is 0.0408. The number of para-hydroxylation sites is 2. The van der Waals surface area contributed by atoms with E-state index in [-0.39, 0.29) is 5.92 Å². The Balaban J connectivity index is 1.24. The third-order valence-corrected chi connectivity index (χ3v) is 10.8. The van der Waals surface area contributed by atoms with Gasteiger partial charge >= 0.3 is 0 Å². The van der Waals surface area contributed by atoms with Crippen molar-refractivity contribution in [3.05, 3.63) is 193 Å². The van der Waals surface area contributed by atoms with Crippen molar-refractivity contribution in [1.82, 2.24) is 29.5 Å². The molecule has 5 aromatic carbocycles. The maximum Gasteiger partial charge on any atom is 0.182 e. The predicted molar refractivity (Wildman–Crippen MR) is 224 cm³/mol. The summed E-state index contributed by atoms with van der Waals surface area (Å²) in [6.45, 7) is 0. The van der Waals surface area contributed by atoms with E-state index in [0.29, 0.717) is 35.3 Å². The highest BCUT2D eigenvalue weighted by Crippen LogP contribution is 2.50. The van der Waals surface area contributed by atoms with Gasteiger partial charge in [0.15, 0.2) is 17.5 Å². The molecule has 0 N–H and O–H groups in total. The molecule has 0 radical (unpaired) electrons. The van der Waals surface area contributed by atoms with Crippen LogP contribution < -0.4 is 0 Å². The minimum absolute atomic E-state index is 0.0786. The van der Waals surface area contributed by atoms with Gasteiger partial charge in [0.2, 0.25) is 0 Å². The smallest absolute Gasteiger partial charge is 0.182 e. The van der Waals surface area contributed by atoms with Gasteiger partial charge in [-0.3, -0.25) is 9.97 Å². The summed E-state index contributed by atoms with van der Waals surface area (Å²) >= 11 is 0. The van der Waals surface area contributed by atoms with Gasteiger partial charge in [0.25, 0.3) is 0 Å². The molecule has 0 saturated heterocycles. The first-order chi connectivity index (χ1) is 27.8. The van der Waals surface area contributed by atoms with Crippen LogP contribution in [0.2, 0.25) is 0 Å². The largest absolute Gasteiger partial charge is 0.455 e. The van der Waals surface area contributed by atoms with Crippen LogP contribution in [-0.2, 0) is 0 Å². The van der Waals surface area contributed by atoms with E-state index in [1.165, 1.54) is 11.3 Å². The number of hydrogen-bond donors (Lipinski definition) is 0. The molecule has 7 nitrogen and oxygen atoms in total. The van der Waals surface area contributed by atoms with Crippen LogP contribution in [-0.4, -0.2) is 29.5 Å². The number of benzene rings is 5. The standard InChI is InChI=1S/C49H32N6O/c1-3-15-31(16-4-1)37-29-33(47-52-48(39-21-11-13-27-50-39)54-49(53-47)40-22-12-14-28-51-40)30-38(32-17-5-2-6-18-32)45(37)55-41-23-9-7-20-36(41)44-42(55)26-25-35-34-19-8-10-24-43(34)56-46(35)44/h1-29,38H,30H2. The highest BCUT2D eigenvalue weighted by atomic mass is 16.3. The zero-order valence-corrected chi connectivity index (χ0v) is 30.1. The molecule has 0 amide bonds. The maximum absolute atomic E-state index is 6.69. The summed E-state index contributed by atoms with van der Waals surface area (Å²) < 4.78 is 9.16. The molecule has 0 bridgehead atoms. The van der Waals surface area contributed by atoms with Crippen LogP contribution in [0.15, 0.2) is 181 Å². The lowest BCUT2D eigenvalue weighted by Gasteiger charge is -2.31. The van der Waals surface area contributed by atoms with Crippen LogP contribution in [0, 0.1) is 0 Å². The topological polar surface area (TPSA) is 82.5 Å². The zero-order chi connectivity index (χ0) is 37.0. The molecular weight excluding hydrogens is 689 g/mol. The molecule has 1 aliphatic rings. The monoisotopic (exact) mass is 720 g/mol. The molecule has 56 heavy (non-hydrogen) atoms. The molecule has 1 unspecified atom stereocenters. The van der Waals surface area contributed by atoms with Crippen LogP contribution in [0.3, 0.4) is 0 Å². The Labute approximate surface area is 322 Å². The van der Waals surface area contributed by atoms with Gasteiger partial charge in [-0.15, -0.1) is 0 Å². The minimum Gasteiger partial charge on any atom is -0.455 e. The fourth-order valence-electron chi connectivity index (χ4n) is 8.29. The quantitative estimate of drug-likeness (QED) is 0.170.